The molecule has 0 atom stereocenters. The third-order valence-electron chi connectivity index (χ3n) is 15.7. The Bertz CT molecular complexity index is 4820. The summed E-state index contributed by atoms with van der Waals surface area (Å²) >= 11 is 0. The van der Waals surface area contributed by atoms with Crippen molar-refractivity contribution in [1.29, 1.82) is 0 Å². The smallest absolute Gasteiger partial charge is 0.457 e. The van der Waals surface area contributed by atoms with Gasteiger partial charge in [-0.05, 0) is 150 Å². The molecule has 382 valence electrons. The van der Waals surface area contributed by atoms with Gasteiger partial charge in [0.1, 0.15) is 17.3 Å². The second-order valence-corrected chi connectivity index (χ2v) is 23.9. The number of pyridine rings is 1. The quantitative estimate of drug-likeness (QED) is 0.142. The van der Waals surface area contributed by atoms with Crippen molar-refractivity contribution < 1.29 is 25.3 Å². The Morgan fingerprint density at radius 3 is 1.96 bits per heavy atom. The molecule has 12 rings (SSSR count). The van der Waals surface area contributed by atoms with Crippen LogP contribution in [0.1, 0.15) is 136 Å². The first-order chi connectivity index (χ1) is 42.9. The molecule has 0 bridgehead atoms. The first kappa shape index (κ1) is 35.3. The van der Waals surface area contributed by atoms with Gasteiger partial charge in [-0.15, -0.1) is 0 Å². The average Bonchev–Trinajstić information content (AvgIpc) is 1.53. The Morgan fingerprint density at radius 1 is 0.571 bits per heavy atom. The molecule has 0 fully saturated rings. The van der Waals surface area contributed by atoms with E-state index in [1.165, 1.54) is 28.5 Å². The summed E-state index contributed by atoms with van der Waals surface area (Å²) in [5.41, 5.74) is 8.72. The number of rotatable bonds is 8. The number of ether oxygens (including phenoxy) is 1. The van der Waals surface area contributed by atoms with Crippen LogP contribution in [-0.2, 0) is 21.7 Å². The summed E-state index contributed by atoms with van der Waals surface area (Å²) < 4.78 is 146. The van der Waals surface area contributed by atoms with Crippen molar-refractivity contribution in [3.05, 3.63) is 215 Å². The van der Waals surface area contributed by atoms with Gasteiger partial charge in [-0.1, -0.05) is 172 Å². The zero-order valence-corrected chi connectivity index (χ0v) is 45.2. The van der Waals surface area contributed by atoms with Gasteiger partial charge in [-0.2, -0.15) is 0 Å². The number of aromatic nitrogens is 2. The molecule has 0 saturated carbocycles. The molecule has 0 unspecified atom stereocenters. The SMILES string of the molecule is [2H]c1c([2H])c([2H])c(-c2cccc(-c3cc(C(C)(C)C)cc(C(C)(C)C)c3)c2[N+]2=C=[N+](c3ccc(C([2H])([2H])[2H])c(Oc4ccc5c6c([2H])c([2H])c([2H])c([2H])c6n(-c6cc(C([2H])([2H])[2H])c(-c7ccc8c(c7)C(C)(C)CCC8(C)C)cn6)c5c4)c3)c3ccccc32)c([2H])c1[2H]. The minimum absolute atomic E-state index is 0.00965. The zero-order valence-electron chi connectivity index (χ0n) is 60.2. The lowest BCUT2D eigenvalue weighted by molar-refractivity contribution is 0.332. The number of nitrogens with zero attached hydrogens (tertiary/aromatic N) is 4. The molecular formula is C72H70N4O+2. The van der Waals surface area contributed by atoms with Crippen molar-refractivity contribution in [3.8, 4) is 50.7 Å². The van der Waals surface area contributed by atoms with Crippen LogP contribution in [0.4, 0.5) is 22.7 Å². The fourth-order valence-electron chi connectivity index (χ4n) is 11.1. The number of hydrogen-bond donors (Lipinski definition) is 0. The van der Waals surface area contributed by atoms with E-state index in [1.807, 2.05) is 47.0 Å². The van der Waals surface area contributed by atoms with Crippen molar-refractivity contribution in [2.45, 2.75) is 117 Å². The predicted octanol–water partition coefficient (Wildman–Crippen LogP) is 19.4. The van der Waals surface area contributed by atoms with Gasteiger partial charge in [0, 0.05) is 55.0 Å². The minimum atomic E-state index is -2.73. The Labute approximate surface area is 476 Å². The number of para-hydroxylation sites is 4. The van der Waals surface area contributed by atoms with Gasteiger partial charge in [0.2, 0.25) is 11.4 Å². The molecule has 1 aliphatic heterocycles. The highest BCUT2D eigenvalue weighted by Gasteiger charge is 2.40. The third kappa shape index (κ3) is 8.81. The van der Waals surface area contributed by atoms with Crippen molar-refractivity contribution in [1.82, 2.24) is 18.7 Å². The molecule has 8 aromatic carbocycles. The average molecular weight is 1020 g/mol. The van der Waals surface area contributed by atoms with E-state index < -0.39 is 43.9 Å². The van der Waals surface area contributed by atoms with Crippen LogP contribution in [0.2, 0.25) is 0 Å². The lowest BCUT2D eigenvalue weighted by atomic mass is 9.63. The number of hydrogen-bond acceptors (Lipinski definition) is 2. The molecule has 2 aromatic heterocycles. The molecule has 0 spiro atoms. The van der Waals surface area contributed by atoms with Crippen LogP contribution in [0.15, 0.2) is 182 Å². The molecule has 0 radical (unpaired) electrons. The maximum absolute atomic E-state index is 9.33. The summed E-state index contributed by atoms with van der Waals surface area (Å²) in [4.78, 5) is 4.91. The molecule has 3 heterocycles. The van der Waals surface area contributed by atoms with Crippen LogP contribution in [0.3, 0.4) is 0 Å². The molecule has 0 amide bonds. The number of aryl methyl sites for hydroxylation is 2. The van der Waals surface area contributed by atoms with Crippen LogP contribution in [0.5, 0.6) is 11.5 Å². The van der Waals surface area contributed by atoms with Crippen LogP contribution in [-0.4, -0.2) is 15.6 Å². The Kier molecular flexibility index (Phi) is 8.37. The van der Waals surface area contributed by atoms with E-state index in [9.17, 15) is 5.48 Å². The highest BCUT2D eigenvalue weighted by Crippen LogP contribution is 2.49. The second-order valence-electron chi connectivity index (χ2n) is 23.9. The van der Waals surface area contributed by atoms with Crippen molar-refractivity contribution in [2.24, 2.45) is 0 Å². The molecule has 10 aromatic rings. The molecule has 1 aliphatic carbocycles. The van der Waals surface area contributed by atoms with Gasteiger partial charge in [0.15, 0.2) is 0 Å². The van der Waals surface area contributed by atoms with Crippen molar-refractivity contribution >= 4 is 50.6 Å². The number of fused-ring (bicyclic) bond motifs is 5. The highest BCUT2D eigenvalue weighted by molar-refractivity contribution is 6.09. The maximum atomic E-state index is 9.33. The minimum Gasteiger partial charge on any atom is -0.457 e. The Hall–Kier alpha value is -8.11. The summed E-state index contributed by atoms with van der Waals surface area (Å²) in [6.07, 6.45) is 3.45. The van der Waals surface area contributed by atoms with Gasteiger partial charge < -0.3 is 4.74 Å². The molecule has 0 N–H and O–H groups in total. The van der Waals surface area contributed by atoms with E-state index in [2.05, 4.69) is 106 Å². The standard InChI is InChI=1S/C72H70N4O/c1-46-29-31-53(74-45-75(64-28-19-18-27-63(64)74)68-55(48-21-14-13-15-22-48)24-20-25-56(68)50-38-51(69(3,4)5)41-52(39-50)70(6,7)8)42-66(46)77-54-32-33-58-57-23-16-17-26-62(57)76(65(58)43-54)67-37-47(2)59(44-73-67)49-30-34-60-61(40-49)72(11,12)36-35-71(60,9)10/h13-34,37-44H,35-36H2,1-12H3/q+2/i1D3,2D3,13D,14D,15D,16D,17D,21D,22D,23D,26D. The predicted molar refractivity (Wildman–Crippen MR) is 324 cm³/mol. The van der Waals surface area contributed by atoms with E-state index in [0.29, 0.717) is 50.4 Å². The van der Waals surface area contributed by atoms with Gasteiger partial charge in [-0.25, -0.2) is 4.98 Å². The van der Waals surface area contributed by atoms with Gasteiger partial charge in [0.05, 0.1) is 40.6 Å². The second kappa shape index (κ2) is 18.3. The molecule has 5 nitrogen and oxygen atoms in total. The fraction of sp³-hybridized carbons (Fsp3) is 0.250. The van der Waals surface area contributed by atoms with Crippen LogP contribution >= 0.6 is 0 Å². The van der Waals surface area contributed by atoms with E-state index in [0.717, 1.165) is 35.1 Å². The highest BCUT2D eigenvalue weighted by atomic mass is 16.5. The topological polar surface area (TPSA) is 33.1 Å². The van der Waals surface area contributed by atoms with Gasteiger partial charge in [-0.3, -0.25) is 4.57 Å². The molecule has 0 saturated heterocycles. The lowest BCUT2D eigenvalue weighted by Crippen LogP contribution is -2.33. The van der Waals surface area contributed by atoms with Gasteiger partial charge >= 0.3 is 6.01 Å². The van der Waals surface area contributed by atoms with Crippen LogP contribution < -0.4 is 13.9 Å². The van der Waals surface area contributed by atoms with Crippen molar-refractivity contribution in [2.75, 3.05) is 0 Å². The first-order valence-corrected chi connectivity index (χ1v) is 26.2. The van der Waals surface area contributed by atoms with E-state index >= 15 is 0 Å². The summed E-state index contributed by atoms with van der Waals surface area (Å²) in [6.45, 7) is 16.3. The monoisotopic (exact) mass is 1020 g/mol. The third-order valence-corrected chi connectivity index (χ3v) is 15.7. The summed E-state index contributed by atoms with van der Waals surface area (Å²) in [7, 11) is 0. The summed E-state index contributed by atoms with van der Waals surface area (Å²) in [5, 5.41) is 0.519. The molecule has 5 heteroatoms. The lowest BCUT2D eigenvalue weighted by Gasteiger charge is -2.42. The Morgan fingerprint density at radius 2 is 1.25 bits per heavy atom. The number of benzene rings is 8. The zero-order chi connectivity index (χ0) is 66.6. The van der Waals surface area contributed by atoms with Crippen molar-refractivity contribution in [3.63, 3.8) is 0 Å². The normalized spacial score (nSPS) is 17.9. The van der Waals surface area contributed by atoms with Crippen LogP contribution in [0.25, 0.3) is 61.0 Å². The van der Waals surface area contributed by atoms with Crippen LogP contribution in [0, 0.1) is 13.7 Å². The van der Waals surface area contributed by atoms with Gasteiger partial charge in [0.25, 0.3) is 11.4 Å². The molecule has 77 heavy (non-hydrogen) atoms. The fourth-order valence-corrected chi connectivity index (χ4v) is 11.1. The first-order valence-electron chi connectivity index (χ1n) is 33.7. The molecule has 2 aliphatic rings. The largest absolute Gasteiger partial charge is 0.503 e. The summed E-state index contributed by atoms with van der Waals surface area (Å²) in [5.74, 6) is 0.0828. The van der Waals surface area contributed by atoms with E-state index in [1.54, 1.807) is 41.0 Å². The van der Waals surface area contributed by atoms with E-state index in [4.69, 9.17) is 24.8 Å². The summed E-state index contributed by atoms with van der Waals surface area (Å²) in [6, 6.07) is 36.0. The Balaban J connectivity index is 1.06. The van der Waals surface area contributed by atoms with E-state index in [-0.39, 0.29) is 96.3 Å². The molecular weight excluding hydrogens is 937 g/mol. The maximum Gasteiger partial charge on any atom is 0.503 e.